The van der Waals surface area contributed by atoms with Gasteiger partial charge >= 0.3 is 5.51 Å². The molecule has 0 heterocycles. The van der Waals surface area contributed by atoms with Crippen LogP contribution in [0.1, 0.15) is 5.56 Å². The number of nitriles is 1. The summed E-state index contributed by atoms with van der Waals surface area (Å²) < 4.78 is 35.5. The highest BCUT2D eigenvalue weighted by atomic mass is 32.2. The molecule has 1 aromatic rings. The van der Waals surface area contributed by atoms with E-state index in [1.54, 1.807) is 24.3 Å². The molecule has 0 atom stereocenters. The molecule has 0 aliphatic rings. The highest BCUT2D eigenvalue weighted by molar-refractivity contribution is 8.00. The van der Waals surface area contributed by atoms with Crippen molar-refractivity contribution < 1.29 is 13.2 Å². The predicted molar refractivity (Wildman–Crippen MR) is 62.8 cm³/mol. The summed E-state index contributed by atoms with van der Waals surface area (Å²) in [6, 6.07) is 9.09. The molecular formula is C11H11F3N2S. The van der Waals surface area contributed by atoms with Crippen LogP contribution in [0.4, 0.5) is 18.9 Å². The third-order valence-corrected chi connectivity index (χ3v) is 2.67. The van der Waals surface area contributed by atoms with Crippen molar-refractivity contribution in [1.29, 1.82) is 5.26 Å². The summed E-state index contributed by atoms with van der Waals surface area (Å²) in [4.78, 5) is 0. The zero-order valence-electron chi connectivity index (χ0n) is 8.92. The molecule has 0 fully saturated rings. The number of thioether (sulfide) groups is 1. The van der Waals surface area contributed by atoms with Gasteiger partial charge in [0.2, 0.25) is 0 Å². The number of rotatable bonds is 5. The molecule has 0 aliphatic heterocycles. The summed E-state index contributed by atoms with van der Waals surface area (Å²) in [6.07, 6.45) is 0.338. The minimum Gasteiger partial charge on any atom is -0.384 e. The molecule has 1 aromatic carbocycles. The summed E-state index contributed by atoms with van der Waals surface area (Å²) in [5.74, 6) is -0.0244. The molecule has 0 spiro atoms. The molecule has 1 rings (SSSR count). The Morgan fingerprint density at radius 1 is 1.24 bits per heavy atom. The quantitative estimate of drug-likeness (QED) is 0.824. The lowest BCUT2D eigenvalue weighted by Gasteiger charge is -2.08. The SMILES string of the molecule is N#CCc1ccc(NCCSC(F)(F)F)cc1. The van der Waals surface area contributed by atoms with Crippen LogP contribution in [-0.2, 0) is 6.42 Å². The predicted octanol–water partition coefficient (Wildman–Crippen LogP) is 3.42. The van der Waals surface area contributed by atoms with Crippen molar-refractivity contribution in [3.63, 3.8) is 0 Å². The smallest absolute Gasteiger partial charge is 0.384 e. The van der Waals surface area contributed by atoms with Crippen LogP contribution in [0, 0.1) is 11.3 Å². The zero-order chi connectivity index (χ0) is 12.7. The Bertz CT molecular complexity index is 381. The van der Waals surface area contributed by atoms with Crippen LogP contribution in [0.5, 0.6) is 0 Å². The van der Waals surface area contributed by atoms with Gasteiger partial charge in [-0.1, -0.05) is 12.1 Å². The highest BCUT2D eigenvalue weighted by Gasteiger charge is 2.27. The molecule has 0 radical (unpaired) electrons. The first kappa shape index (κ1) is 13.7. The van der Waals surface area contributed by atoms with Gasteiger partial charge in [-0.3, -0.25) is 0 Å². The molecule has 0 unspecified atom stereocenters. The van der Waals surface area contributed by atoms with Crippen LogP contribution < -0.4 is 5.32 Å². The average molecular weight is 260 g/mol. The summed E-state index contributed by atoms with van der Waals surface area (Å²) in [5, 5.41) is 11.3. The molecule has 0 saturated carbocycles. The Morgan fingerprint density at radius 3 is 2.41 bits per heavy atom. The van der Waals surface area contributed by atoms with E-state index < -0.39 is 5.51 Å². The fourth-order valence-electron chi connectivity index (χ4n) is 1.19. The van der Waals surface area contributed by atoms with Crippen LogP contribution in [0.3, 0.4) is 0 Å². The monoisotopic (exact) mass is 260 g/mol. The van der Waals surface area contributed by atoms with E-state index in [1.165, 1.54) is 0 Å². The van der Waals surface area contributed by atoms with E-state index in [0.29, 0.717) is 6.42 Å². The Balaban J connectivity index is 2.30. The number of nitrogens with one attached hydrogen (secondary N) is 1. The molecule has 0 saturated heterocycles. The van der Waals surface area contributed by atoms with E-state index in [4.69, 9.17) is 5.26 Å². The summed E-state index contributed by atoms with van der Waals surface area (Å²) in [7, 11) is 0. The van der Waals surface area contributed by atoms with Gasteiger partial charge in [-0.2, -0.15) is 18.4 Å². The molecule has 0 aromatic heterocycles. The van der Waals surface area contributed by atoms with Crippen molar-refractivity contribution in [2.24, 2.45) is 0 Å². The van der Waals surface area contributed by atoms with E-state index >= 15 is 0 Å². The van der Waals surface area contributed by atoms with Gasteiger partial charge in [-0.05, 0) is 29.5 Å². The van der Waals surface area contributed by atoms with Crippen molar-refractivity contribution >= 4 is 17.4 Å². The minimum absolute atomic E-state index is 0.0244. The molecule has 92 valence electrons. The first-order valence-corrected chi connectivity index (χ1v) is 5.90. The van der Waals surface area contributed by atoms with E-state index in [2.05, 4.69) is 5.32 Å². The summed E-state index contributed by atoms with van der Waals surface area (Å²) in [6.45, 7) is 0.252. The molecule has 2 nitrogen and oxygen atoms in total. The standard InChI is InChI=1S/C11H11F3N2S/c12-11(13,14)17-8-7-16-10-3-1-9(2-4-10)5-6-15/h1-4,16H,5,7-8H2. The van der Waals surface area contributed by atoms with Gasteiger partial charge in [-0.15, -0.1) is 0 Å². The van der Waals surface area contributed by atoms with Crippen LogP contribution in [0.25, 0.3) is 0 Å². The number of nitrogens with zero attached hydrogens (tertiary/aromatic N) is 1. The number of benzene rings is 1. The van der Waals surface area contributed by atoms with Crippen LogP contribution >= 0.6 is 11.8 Å². The van der Waals surface area contributed by atoms with Crippen molar-refractivity contribution in [2.75, 3.05) is 17.6 Å². The normalized spacial score (nSPS) is 10.9. The maximum atomic E-state index is 11.8. The number of alkyl halides is 3. The van der Waals surface area contributed by atoms with Gasteiger partial charge in [0.1, 0.15) is 0 Å². The second kappa shape index (κ2) is 6.40. The first-order chi connectivity index (χ1) is 8.01. The Labute approximate surface area is 102 Å². The molecular weight excluding hydrogens is 249 g/mol. The lowest BCUT2D eigenvalue weighted by atomic mass is 10.1. The molecule has 0 bridgehead atoms. The maximum absolute atomic E-state index is 11.8. The van der Waals surface area contributed by atoms with Crippen LogP contribution in [0.15, 0.2) is 24.3 Å². The van der Waals surface area contributed by atoms with Crippen molar-refractivity contribution in [1.82, 2.24) is 0 Å². The molecule has 0 aliphatic carbocycles. The molecule has 6 heteroatoms. The van der Waals surface area contributed by atoms with Gasteiger partial charge < -0.3 is 5.32 Å². The third-order valence-electron chi connectivity index (χ3n) is 1.93. The highest BCUT2D eigenvalue weighted by Crippen LogP contribution is 2.29. The lowest BCUT2D eigenvalue weighted by Crippen LogP contribution is -2.09. The second-order valence-corrected chi connectivity index (χ2v) is 4.41. The van der Waals surface area contributed by atoms with Crippen LogP contribution in [-0.4, -0.2) is 17.8 Å². The zero-order valence-corrected chi connectivity index (χ0v) is 9.74. The van der Waals surface area contributed by atoms with E-state index in [-0.39, 0.29) is 24.1 Å². The molecule has 0 amide bonds. The van der Waals surface area contributed by atoms with Crippen LogP contribution in [0.2, 0.25) is 0 Å². The fourth-order valence-corrected chi connectivity index (χ4v) is 1.63. The Morgan fingerprint density at radius 2 is 1.88 bits per heavy atom. The maximum Gasteiger partial charge on any atom is 0.441 e. The van der Waals surface area contributed by atoms with Crippen molar-refractivity contribution in [3.05, 3.63) is 29.8 Å². The second-order valence-electron chi connectivity index (χ2n) is 3.25. The van der Waals surface area contributed by atoms with Gasteiger partial charge in [0.25, 0.3) is 0 Å². The van der Waals surface area contributed by atoms with Gasteiger partial charge in [0.05, 0.1) is 12.5 Å². The molecule has 17 heavy (non-hydrogen) atoms. The van der Waals surface area contributed by atoms with E-state index in [9.17, 15) is 13.2 Å². The molecule has 1 N–H and O–H groups in total. The Kier molecular flexibility index (Phi) is 5.16. The largest absolute Gasteiger partial charge is 0.441 e. The van der Waals surface area contributed by atoms with Crippen molar-refractivity contribution in [3.8, 4) is 6.07 Å². The fraction of sp³-hybridized carbons (Fsp3) is 0.364. The lowest BCUT2D eigenvalue weighted by molar-refractivity contribution is -0.0327. The van der Waals surface area contributed by atoms with E-state index in [1.807, 2.05) is 6.07 Å². The Hall–Kier alpha value is -1.35. The number of anilines is 1. The van der Waals surface area contributed by atoms with Crippen molar-refractivity contribution in [2.45, 2.75) is 11.9 Å². The third kappa shape index (κ3) is 6.07. The number of hydrogen-bond acceptors (Lipinski definition) is 3. The number of hydrogen-bond donors (Lipinski definition) is 1. The van der Waals surface area contributed by atoms with Gasteiger partial charge in [0.15, 0.2) is 0 Å². The minimum atomic E-state index is -4.17. The summed E-state index contributed by atoms with van der Waals surface area (Å²) in [5.41, 5.74) is -2.52. The average Bonchev–Trinajstić information content (AvgIpc) is 2.26. The van der Waals surface area contributed by atoms with Gasteiger partial charge in [-0.25, -0.2) is 0 Å². The first-order valence-electron chi connectivity index (χ1n) is 4.92. The topological polar surface area (TPSA) is 35.8 Å². The number of halogens is 3. The van der Waals surface area contributed by atoms with Gasteiger partial charge in [0, 0.05) is 18.0 Å². The van der Waals surface area contributed by atoms with E-state index in [0.717, 1.165) is 11.3 Å². The summed E-state index contributed by atoms with van der Waals surface area (Å²) >= 11 is -0.0415.